The second kappa shape index (κ2) is 6.81. The number of nitrogens with zero attached hydrogens (tertiary/aromatic N) is 3. The molecule has 20 heavy (non-hydrogen) atoms. The van der Waals surface area contributed by atoms with Crippen LogP contribution in [0.15, 0.2) is 18.5 Å². The van der Waals surface area contributed by atoms with E-state index in [0.717, 1.165) is 31.7 Å². The van der Waals surface area contributed by atoms with Crippen LogP contribution in [0.4, 0.5) is 0 Å². The lowest BCUT2D eigenvalue weighted by atomic mass is 9.96. The van der Waals surface area contributed by atoms with Crippen LogP contribution >= 0.6 is 0 Å². The first-order chi connectivity index (χ1) is 9.61. The highest BCUT2D eigenvalue weighted by atomic mass is 16.2. The predicted octanol–water partition coefficient (Wildman–Crippen LogP) is 0.281. The number of pyridine rings is 1. The van der Waals surface area contributed by atoms with E-state index in [2.05, 4.69) is 16.9 Å². The van der Waals surface area contributed by atoms with Crippen molar-refractivity contribution in [3.63, 3.8) is 0 Å². The number of piperazine rings is 1. The average Bonchev–Trinajstić information content (AvgIpc) is 2.46. The molecule has 5 nitrogen and oxygen atoms in total. The van der Waals surface area contributed by atoms with Gasteiger partial charge in [-0.3, -0.25) is 9.78 Å². The molecule has 5 heteroatoms. The molecule has 1 saturated heterocycles. The molecule has 2 heterocycles. The number of nitrogens with two attached hydrogens (primary N) is 1. The number of rotatable bonds is 4. The zero-order valence-electron chi connectivity index (χ0n) is 12.4. The SMILES string of the molecule is Cc1ccncc1CC(CN)C(=O)N1CCN(C)CC1. The summed E-state index contributed by atoms with van der Waals surface area (Å²) in [7, 11) is 2.08. The number of carbonyl (C=O) groups excluding carboxylic acids is 1. The summed E-state index contributed by atoms with van der Waals surface area (Å²) in [4.78, 5) is 20.9. The summed E-state index contributed by atoms with van der Waals surface area (Å²) in [6.45, 7) is 5.92. The van der Waals surface area contributed by atoms with E-state index < -0.39 is 0 Å². The van der Waals surface area contributed by atoms with Gasteiger partial charge in [-0.2, -0.15) is 0 Å². The molecule has 1 aliphatic heterocycles. The summed E-state index contributed by atoms with van der Waals surface area (Å²) >= 11 is 0. The normalized spacial score (nSPS) is 18.1. The average molecular weight is 276 g/mol. The van der Waals surface area contributed by atoms with E-state index in [4.69, 9.17) is 5.73 Å². The first-order valence-electron chi connectivity index (χ1n) is 7.18. The summed E-state index contributed by atoms with van der Waals surface area (Å²) in [5, 5.41) is 0. The number of aryl methyl sites for hydroxylation is 1. The van der Waals surface area contributed by atoms with E-state index in [0.29, 0.717) is 13.0 Å². The van der Waals surface area contributed by atoms with E-state index >= 15 is 0 Å². The maximum Gasteiger partial charge on any atom is 0.227 e. The highest BCUT2D eigenvalue weighted by Crippen LogP contribution is 2.15. The smallest absolute Gasteiger partial charge is 0.227 e. The van der Waals surface area contributed by atoms with Gasteiger partial charge < -0.3 is 15.5 Å². The van der Waals surface area contributed by atoms with Crippen LogP contribution < -0.4 is 5.73 Å². The van der Waals surface area contributed by atoms with E-state index in [9.17, 15) is 4.79 Å². The lowest BCUT2D eigenvalue weighted by molar-refractivity contribution is -0.136. The minimum Gasteiger partial charge on any atom is -0.340 e. The number of likely N-dealkylation sites (N-methyl/N-ethyl adjacent to an activating group) is 1. The highest BCUT2D eigenvalue weighted by molar-refractivity contribution is 5.79. The molecule has 110 valence electrons. The predicted molar refractivity (Wildman–Crippen MR) is 79.3 cm³/mol. The van der Waals surface area contributed by atoms with Gasteiger partial charge >= 0.3 is 0 Å². The fourth-order valence-electron chi connectivity index (χ4n) is 2.53. The third kappa shape index (κ3) is 3.55. The fourth-order valence-corrected chi connectivity index (χ4v) is 2.53. The molecule has 2 rings (SSSR count). The van der Waals surface area contributed by atoms with E-state index in [1.165, 1.54) is 5.56 Å². The number of hydrogen-bond donors (Lipinski definition) is 1. The van der Waals surface area contributed by atoms with Crippen LogP contribution in [0.2, 0.25) is 0 Å². The molecule has 1 amide bonds. The molecule has 1 aromatic heterocycles. The Morgan fingerprint density at radius 3 is 2.70 bits per heavy atom. The van der Waals surface area contributed by atoms with Crippen LogP contribution in [-0.4, -0.2) is 60.5 Å². The summed E-state index contributed by atoms with van der Waals surface area (Å²) in [6, 6.07) is 1.98. The van der Waals surface area contributed by atoms with Crippen molar-refractivity contribution in [2.75, 3.05) is 39.8 Å². The van der Waals surface area contributed by atoms with Gasteiger partial charge in [0.1, 0.15) is 0 Å². The Kier molecular flexibility index (Phi) is 5.09. The summed E-state index contributed by atoms with van der Waals surface area (Å²) in [6.07, 6.45) is 4.30. The molecule has 2 N–H and O–H groups in total. The van der Waals surface area contributed by atoms with Crippen molar-refractivity contribution in [2.45, 2.75) is 13.3 Å². The Bertz CT molecular complexity index is 455. The maximum absolute atomic E-state index is 12.6. The first-order valence-corrected chi connectivity index (χ1v) is 7.18. The van der Waals surface area contributed by atoms with Crippen molar-refractivity contribution in [1.82, 2.24) is 14.8 Å². The largest absolute Gasteiger partial charge is 0.340 e. The van der Waals surface area contributed by atoms with Crippen LogP contribution in [0.3, 0.4) is 0 Å². The van der Waals surface area contributed by atoms with Gasteiger partial charge in [0.05, 0.1) is 5.92 Å². The molecule has 1 aromatic rings. The van der Waals surface area contributed by atoms with Crippen LogP contribution in [-0.2, 0) is 11.2 Å². The molecule has 0 radical (unpaired) electrons. The van der Waals surface area contributed by atoms with E-state index in [1.54, 1.807) is 6.20 Å². The second-order valence-corrected chi connectivity index (χ2v) is 5.57. The molecule has 1 aliphatic rings. The Balaban J connectivity index is 2.01. The third-order valence-corrected chi connectivity index (χ3v) is 4.06. The maximum atomic E-state index is 12.6. The van der Waals surface area contributed by atoms with E-state index in [1.807, 2.05) is 24.1 Å². The first kappa shape index (κ1) is 14.9. The number of amides is 1. The van der Waals surface area contributed by atoms with Crippen molar-refractivity contribution < 1.29 is 4.79 Å². The van der Waals surface area contributed by atoms with Gasteiger partial charge in [0.25, 0.3) is 0 Å². The lowest BCUT2D eigenvalue weighted by Gasteiger charge is -2.34. The van der Waals surface area contributed by atoms with Crippen molar-refractivity contribution >= 4 is 5.91 Å². The summed E-state index contributed by atoms with van der Waals surface area (Å²) in [5.74, 6) is 0.0464. The minimum absolute atomic E-state index is 0.138. The summed E-state index contributed by atoms with van der Waals surface area (Å²) in [5.41, 5.74) is 8.11. The van der Waals surface area contributed by atoms with Crippen molar-refractivity contribution in [1.29, 1.82) is 0 Å². The molecule has 1 fully saturated rings. The van der Waals surface area contributed by atoms with Crippen LogP contribution in [0.5, 0.6) is 0 Å². The molecule has 0 spiro atoms. The quantitative estimate of drug-likeness (QED) is 0.858. The second-order valence-electron chi connectivity index (χ2n) is 5.57. The van der Waals surface area contributed by atoms with Crippen molar-refractivity contribution in [3.05, 3.63) is 29.6 Å². The molecule has 1 atom stereocenters. The molecule has 0 saturated carbocycles. The number of hydrogen-bond acceptors (Lipinski definition) is 4. The minimum atomic E-state index is -0.138. The van der Waals surface area contributed by atoms with Gasteiger partial charge in [0.15, 0.2) is 0 Å². The molecule has 1 unspecified atom stereocenters. The third-order valence-electron chi connectivity index (χ3n) is 4.06. The topological polar surface area (TPSA) is 62.5 Å². The van der Waals surface area contributed by atoms with Gasteiger partial charge in [-0.1, -0.05) is 0 Å². The zero-order chi connectivity index (χ0) is 14.5. The Morgan fingerprint density at radius 2 is 2.10 bits per heavy atom. The van der Waals surface area contributed by atoms with Gasteiger partial charge in [0.2, 0.25) is 5.91 Å². The monoisotopic (exact) mass is 276 g/mol. The standard InChI is InChI=1S/C15H24N4O/c1-12-3-4-17-11-14(12)9-13(10-16)15(20)19-7-5-18(2)6-8-19/h3-4,11,13H,5-10,16H2,1-2H3. The van der Waals surface area contributed by atoms with Crippen LogP contribution in [0.1, 0.15) is 11.1 Å². The fraction of sp³-hybridized carbons (Fsp3) is 0.600. The van der Waals surface area contributed by atoms with Crippen LogP contribution in [0.25, 0.3) is 0 Å². The van der Waals surface area contributed by atoms with Gasteiger partial charge in [-0.15, -0.1) is 0 Å². The van der Waals surface area contributed by atoms with Crippen molar-refractivity contribution in [2.24, 2.45) is 11.7 Å². The van der Waals surface area contributed by atoms with Gasteiger partial charge in [-0.25, -0.2) is 0 Å². The van der Waals surface area contributed by atoms with Crippen molar-refractivity contribution in [3.8, 4) is 0 Å². The Hall–Kier alpha value is -1.46. The number of aromatic nitrogens is 1. The lowest BCUT2D eigenvalue weighted by Crippen LogP contribution is -2.50. The van der Waals surface area contributed by atoms with Crippen LogP contribution in [0, 0.1) is 12.8 Å². The highest BCUT2D eigenvalue weighted by Gasteiger charge is 2.26. The molecule has 0 aliphatic carbocycles. The number of carbonyl (C=O) groups is 1. The molecular formula is C15H24N4O. The Morgan fingerprint density at radius 1 is 1.40 bits per heavy atom. The zero-order valence-corrected chi connectivity index (χ0v) is 12.4. The molecule has 0 bridgehead atoms. The summed E-state index contributed by atoms with van der Waals surface area (Å²) < 4.78 is 0. The van der Waals surface area contributed by atoms with E-state index in [-0.39, 0.29) is 11.8 Å². The Labute approximate surface area is 120 Å². The van der Waals surface area contributed by atoms with Gasteiger partial charge in [0, 0.05) is 45.1 Å². The molecular weight excluding hydrogens is 252 g/mol. The molecule has 0 aromatic carbocycles. The van der Waals surface area contributed by atoms with Gasteiger partial charge in [-0.05, 0) is 37.6 Å².